The predicted molar refractivity (Wildman–Crippen MR) is 89.6 cm³/mol. The molecule has 0 radical (unpaired) electrons. The molecule has 3 N–H and O–H groups in total. The second-order valence-electron chi connectivity index (χ2n) is 4.85. The van der Waals surface area contributed by atoms with Crippen molar-refractivity contribution in [2.24, 2.45) is 0 Å². The molecule has 8 heteroatoms. The number of carbonyl (C=O) groups excluding carboxylic acids is 2. The van der Waals surface area contributed by atoms with E-state index < -0.39 is 15.9 Å². The fourth-order valence-electron chi connectivity index (χ4n) is 1.80. The SMILES string of the molecule is CCC(=O)Nc1ccc(C(=O)NNS(=O)(=O)c2ccccc2)cc1. The first-order chi connectivity index (χ1) is 11.4. The van der Waals surface area contributed by atoms with Gasteiger partial charge in [-0.3, -0.25) is 15.0 Å². The van der Waals surface area contributed by atoms with E-state index in [1.165, 1.54) is 24.3 Å². The average molecular weight is 347 g/mol. The summed E-state index contributed by atoms with van der Waals surface area (Å²) in [5.74, 6) is -0.745. The van der Waals surface area contributed by atoms with Gasteiger partial charge in [-0.05, 0) is 36.4 Å². The summed E-state index contributed by atoms with van der Waals surface area (Å²) >= 11 is 0. The van der Waals surface area contributed by atoms with Crippen LogP contribution in [0.1, 0.15) is 23.7 Å². The molecule has 0 unspecified atom stereocenters. The molecular weight excluding hydrogens is 330 g/mol. The van der Waals surface area contributed by atoms with Gasteiger partial charge in [-0.15, -0.1) is 4.83 Å². The van der Waals surface area contributed by atoms with Crippen molar-refractivity contribution in [1.82, 2.24) is 10.3 Å². The molecule has 2 amide bonds. The molecule has 0 aromatic heterocycles. The fourth-order valence-corrected chi connectivity index (χ4v) is 2.66. The van der Waals surface area contributed by atoms with Gasteiger partial charge in [0, 0.05) is 17.7 Å². The van der Waals surface area contributed by atoms with E-state index in [2.05, 4.69) is 10.7 Å². The number of sulfonamides is 1. The van der Waals surface area contributed by atoms with Gasteiger partial charge >= 0.3 is 0 Å². The van der Waals surface area contributed by atoms with Gasteiger partial charge in [-0.25, -0.2) is 8.42 Å². The van der Waals surface area contributed by atoms with Crippen molar-refractivity contribution in [2.45, 2.75) is 18.2 Å². The molecule has 0 saturated heterocycles. The summed E-state index contributed by atoms with van der Waals surface area (Å²) < 4.78 is 24.0. The largest absolute Gasteiger partial charge is 0.326 e. The molecule has 0 heterocycles. The molecule has 2 aromatic carbocycles. The Balaban J connectivity index is 1.99. The van der Waals surface area contributed by atoms with Crippen LogP contribution >= 0.6 is 0 Å². The van der Waals surface area contributed by atoms with Crippen LogP contribution in [0.25, 0.3) is 0 Å². The molecule has 0 bridgehead atoms. The highest BCUT2D eigenvalue weighted by Gasteiger charge is 2.15. The number of anilines is 1. The molecule has 2 aromatic rings. The van der Waals surface area contributed by atoms with E-state index in [4.69, 9.17) is 0 Å². The number of benzene rings is 2. The van der Waals surface area contributed by atoms with Crippen molar-refractivity contribution in [3.8, 4) is 0 Å². The standard InChI is InChI=1S/C16H17N3O4S/c1-2-15(20)17-13-10-8-12(9-11-13)16(21)18-19-24(22,23)14-6-4-3-5-7-14/h3-11,19H,2H2,1H3,(H,17,20)(H,18,21). The summed E-state index contributed by atoms with van der Waals surface area (Å²) in [7, 11) is -3.83. The third-order valence-corrected chi connectivity index (χ3v) is 4.37. The number of nitrogens with one attached hydrogen (secondary N) is 3. The van der Waals surface area contributed by atoms with Gasteiger partial charge in [0.15, 0.2) is 0 Å². The lowest BCUT2D eigenvalue weighted by Gasteiger charge is -2.09. The molecule has 0 aliphatic carbocycles. The molecule has 0 aliphatic heterocycles. The highest BCUT2D eigenvalue weighted by molar-refractivity contribution is 7.89. The van der Waals surface area contributed by atoms with E-state index >= 15 is 0 Å². The van der Waals surface area contributed by atoms with Gasteiger partial charge < -0.3 is 5.32 Å². The minimum atomic E-state index is -3.83. The number of rotatable bonds is 6. The van der Waals surface area contributed by atoms with E-state index in [0.29, 0.717) is 12.1 Å². The Kier molecular flexibility index (Phi) is 5.67. The topological polar surface area (TPSA) is 104 Å². The number of amides is 2. The Bertz CT molecular complexity index is 818. The van der Waals surface area contributed by atoms with Gasteiger partial charge in [0.25, 0.3) is 15.9 Å². The molecule has 2 rings (SSSR count). The number of hydrazine groups is 1. The Morgan fingerprint density at radius 1 is 0.958 bits per heavy atom. The first-order valence-corrected chi connectivity index (χ1v) is 8.68. The molecule has 0 spiro atoms. The van der Waals surface area contributed by atoms with E-state index in [-0.39, 0.29) is 16.4 Å². The molecule has 24 heavy (non-hydrogen) atoms. The minimum absolute atomic E-state index is 0.0444. The average Bonchev–Trinajstić information content (AvgIpc) is 2.61. The van der Waals surface area contributed by atoms with Crippen molar-refractivity contribution < 1.29 is 18.0 Å². The fraction of sp³-hybridized carbons (Fsp3) is 0.125. The highest BCUT2D eigenvalue weighted by atomic mass is 32.2. The van der Waals surface area contributed by atoms with Crippen molar-refractivity contribution in [3.05, 3.63) is 60.2 Å². The van der Waals surface area contributed by atoms with Crippen LogP contribution < -0.4 is 15.6 Å². The number of hydrogen-bond acceptors (Lipinski definition) is 4. The summed E-state index contributed by atoms with van der Waals surface area (Å²) in [5, 5.41) is 2.65. The van der Waals surface area contributed by atoms with E-state index in [1.54, 1.807) is 37.3 Å². The van der Waals surface area contributed by atoms with Crippen LogP contribution in [0.2, 0.25) is 0 Å². The quantitative estimate of drug-likeness (QED) is 0.691. The smallest absolute Gasteiger partial charge is 0.266 e. The van der Waals surface area contributed by atoms with Crippen LogP contribution in [-0.4, -0.2) is 20.2 Å². The molecule has 7 nitrogen and oxygen atoms in total. The van der Waals surface area contributed by atoms with Crippen LogP contribution in [0, 0.1) is 0 Å². The third-order valence-electron chi connectivity index (χ3n) is 3.10. The number of hydrogen-bond donors (Lipinski definition) is 3. The lowest BCUT2D eigenvalue weighted by atomic mass is 10.2. The van der Waals surface area contributed by atoms with E-state index in [0.717, 1.165) is 0 Å². The van der Waals surface area contributed by atoms with Crippen molar-refractivity contribution >= 4 is 27.5 Å². The zero-order valence-electron chi connectivity index (χ0n) is 12.9. The van der Waals surface area contributed by atoms with Crippen LogP contribution in [0.5, 0.6) is 0 Å². The maximum atomic E-state index is 12.0. The predicted octanol–water partition coefficient (Wildman–Crippen LogP) is 1.66. The molecule has 126 valence electrons. The number of carbonyl (C=O) groups is 2. The van der Waals surface area contributed by atoms with Crippen molar-refractivity contribution in [3.63, 3.8) is 0 Å². The Morgan fingerprint density at radius 3 is 2.17 bits per heavy atom. The van der Waals surface area contributed by atoms with E-state index in [1.807, 2.05) is 4.83 Å². The van der Waals surface area contributed by atoms with Gasteiger partial charge in [-0.1, -0.05) is 25.1 Å². The zero-order chi connectivity index (χ0) is 17.6. The van der Waals surface area contributed by atoms with Gasteiger partial charge in [0.2, 0.25) is 5.91 Å². The maximum absolute atomic E-state index is 12.0. The maximum Gasteiger partial charge on any atom is 0.266 e. The zero-order valence-corrected chi connectivity index (χ0v) is 13.8. The minimum Gasteiger partial charge on any atom is -0.326 e. The van der Waals surface area contributed by atoms with E-state index in [9.17, 15) is 18.0 Å². The second kappa shape index (κ2) is 7.71. The normalized spacial score (nSPS) is 10.9. The van der Waals surface area contributed by atoms with Gasteiger partial charge in [-0.2, -0.15) is 0 Å². The van der Waals surface area contributed by atoms with Crippen LogP contribution in [0.3, 0.4) is 0 Å². The van der Waals surface area contributed by atoms with Gasteiger partial charge in [0.1, 0.15) is 0 Å². The molecule has 0 atom stereocenters. The van der Waals surface area contributed by atoms with Crippen molar-refractivity contribution in [1.29, 1.82) is 0 Å². The Hall–Kier alpha value is -2.71. The lowest BCUT2D eigenvalue weighted by molar-refractivity contribution is -0.115. The molecule has 0 fully saturated rings. The van der Waals surface area contributed by atoms with Crippen LogP contribution in [0.15, 0.2) is 59.5 Å². The third kappa shape index (κ3) is 4.64. The summed E-state index contributed by atoms with van der Waals surface area (Å²) in [5.41, 5.74) is 2.95. The van der Waals surface area contributed by atoms with Gasteiger partial charge in [0.05, 0.1) is 4.90 Å². The first-order valence-electron chi connectivity index (χ1n) is 7.19. The lowest BCUT2D eigenvalue weighted by Crippen LogP contribution is -2.41. The Morgan fingerprint density at radius 2 is 1.58 bits per heavy atom. The summed E-state index contributed by atoms with van der Waals surface area (Å²) in [4.78, 5) is 25.3. The highest BCUT2D eigenvalue weighted by Crippen LogP contribution is 2.10. The van der Waals surface area contributed by atoms with Crippen molar-refractivity contribution in [2.75, 3.05) is 5.32 Å². The molecule has 0 saturated carbocycles. The monoisotopic (exact) mass is 347 g/mol. The summed E-state index contributed by atoms with van der Waals surface area (Å²) in [6.45, 7) is 1.73. The molecule has 0 aliphatic rings. The molecular formula is C16H17N3O4S. The first kappa shape index (κ1) is 17.6. The second-order valence-corrected chi connectivity index (χ2v) is 6.53. The summed E-state index contributed by atoms with van der Waals surface area (Å²) in [6.07, 6.45) is 0.351. The van der Waals surface area contributed by atoms with Crippen LogP contribution in [-0.2, 0) is 14.8 Å². The van der Waals surface area contributed by atoms with Crippen LogP contribution in [0.4, 0.5) is 5.69 Å². The Labute approximate surface area is 140 Å². The summed E-state index contributed by atoms with van der Waals surface area (Å²) in [6, 6.07) is 13.8.